The number of allylic oxidation sites excluding steroid dienone is 2. The summed E-state index contributed by atoms with van der Waals surface area (Å²) in [6, 6.07) is 34.3. The molecule has 0 nitrogen and oxygen atoms in total. The quantitative estimate of drug-likeness (QED) is 0.329. The van der Waals surface area contributed by atoms with Gasteiger partial charge < -0.3 is 0 Å². The van der Waals surface area contributed by atoms with Gasteiger partial charge in [0, 0.05) is 11.1 Å². The topological polar surface area (TPSA) is 0 Å². The number of hydrogen-bond acceptors (Lipinski definition) is 0. The molecule has 0 amide bonds. The highest BCUT2D eigenvalue weighted by Crippen LogP contribution is 2.33. The van der Waals surface area contributed by atoms with Gasteiger partial charge in [-0.15, -0.1) is 5.73 Å². The Balaban J connectivity index is 1.79. The monoisotopic (exact) mass is 356 g/mol. The number of benzene rings is 4. The van der Waals surface area contributed by atoms with E-state index in [1.54, 1.807) is 0 Å². The maximum absolute atomic E-state index is 3.79. The Morgan fingerprint density at radius 1 is 0.643 bits per heavy atom. The van der Waals surface area contributed by atoms with Crippen LogP contribution in [0.25, 0.3) is 28.0 Å². The van der Waals surface area contributed by atoms with Crippen molar-refractivity contribution in [3.05, 3.63) is 131 Å². The lowest BCUT2D eigenvalue weighted by Gasteiger charge is -2.15. The highest BCUT2D eigenvalue weighted by atomic mass is 14.2. The van der Waals surface area contributed by atoms with Crippen LogP contribution < -0.4 is 0 Å². The van der Waals surface area contributed by atoms with Gasteiger partial charge in [-0.25, -0.2) is 0 Å². The van der Waals surface area contributed by atoms with Crippen LogP contribution in [0, 0.1) is 0 Å². The zero-order valence-corrected chi connectivity index (χ0v) is 15.6. The standard InChI is InChI=1S/C28H20/c1-3-10-21(11-4-1)27(22-12-5-2-6-13-22)20-26-17-9-16-25-18-23-14-7-8-15-24(23)19-28(25)26/h1-16,18-19H,17H2. The van der Waals surface area contributed by atoms with Crippen LogP contribution in [0.5, 0.6) is 0 Å². The smallest absolute Gasteiger partial charge is 0.0312 e. The molecule has 1 aliphatic carbocycles. The molecule has 0 heteroatoms. The Hall–Kier alpha value is -3.60. The SMILES string of the molecule is C(=C(c1ccccc1)c1ccccc1)=C1CC=Cc2cc3ccccc3cc21. The second kappa shape index (κ2) is 7.19. The van der Waals surface area contributed by atoms with E-state index in [0.29, 0.717) is 0 Å². The summed E-state index contributed by atoms with van der Waals surface area (Å²) < 4.78 is 0. The van der Waals surface area contributed by atoms with Crippen LogP contribution in [0.3, 0.4) is 0 Å². The van der Waals surface area contributed by atoms with Gasteiger partial charge in [-0.3, -0.25) is 0 Å². The molecule has 0 unspecified atom stereocenters. The van der Waals surface area contributed by atoms with E-state index >= 15 is 0 Å². The van der Waals surface area contributed by atoms with Gasteiger partial charge in [0.2, 0.25) is 0 Å². The molecule has 0 aromatic heterocycles. The molecule has 0 aliphatic heterocycles. The van der Waals surface area contributed by atoms with E-state index in [1.165, 1.54) is 38.6 Å². The average Bonchev–Trinajstić information content (AvgIpc) is 2.77. The molecule has 0 heterocycles. The van der Waals surface area contributed by atoms with E-state index in [4.69, 9.17) is 0 Å². The molecular weight excluding hydrogens is 336 g/mol. The van der Waals surface area contributed by atoms with E-state index in [0.717, 1.165) is 12.0 Å². The second-order valence-electron chi connectivity index (χ2n) is 7.10. The molecule has 5 rings (SSSR count). The molecule has 0 saturated carbocycles. The molecule has 0 atom stereocenters. The molecule has 0 bridgehead atoms. The molecule has 0 radical (unpaired) electrons. The van der Waals surface area contributed by atoms with Crippen LogP contribution in [0.15, 0.2) is 109 Å². The van der Waals surface area contributed by atoms with Crippen LogP contribution in [-0.4, -0.2) is 0 Å². The molecule has 4 aromatic rings. The second-order valence-corrected chi connectivity index (χ2v) is 7.10. The predicted octanol–water partition coefficient (Wildman–Crippen LogP) is 7.37. The summed E-state index contributed by atoms with van der Waals surface area (Å²) in [6.45, 7) is 0. The largest absolute Gasteiger partial charge is 0.107 e. The number of fused-ring (bicyclic) bond motifs is 2. The minimum atomic E-state index is 0.897. The summed E-state index contributed by atoms with van der Waals surface area (Å²) in [6.07, 6.45) is 5.37. The molecule has 0 spiro atoms. The first kappa shape index (κ1) is 16.6. The van der Waals surface area contributed by atoms with Crippen molar-refractivity contribution in [2.45, 2.75) is 6.42 Å². The van der Waals surface area contributed by atoms with Gasteiger partial charge in [0.1, 0.15) is 0 Å². The maximum atomic E-state index is 3.79. The summed E-state index contributed by atoms with van der Waals surface area (Å²) in [5, 5.41) is 2.55. The van der Waals surface area contributed by atoms with Gasteiger partial charge in [-0.2, -0.15) is 0 Å². The minimum absolute atomic E-state index is 0.897. The van der Waals surface area contributed by atoms with Crippen LogP contribution in [0.1, 0.15) is 28.7 Å². The summed E-state index contributed by atoms with van der Waals surface area (Å²) in [7, 11) is 0. The fourth-order valence-corrected chi connectivity index (χ4v) is 3.86. The zero-order chi connectivity index (χ0) is 18.8. The fraction of sp³-hybridized carbons (Fsp3) is 0.0357. The Morgan fingerprint density at radius 3 is 1.86 bits per heavy atom. The average molecular weight is 356 g/mol. The van der Waals surface area contributed by atoms with Gasteiger partial charge in [0.15, 0.2) is 0 Å². The lowest BCUT2D eigenvalue weighted by Crippen LogP contribution is -1.94. The first-order valence-electron chi connectivity index (χ1n) is 9.69. The Morgan fingerprint density at radius 2 is 1.21 bits per heavy atom. The molecule has 1 aliphatic rings. The summed E-state index contributed by atoms with van der Waals surface area (Å²) in [5.41, 5.74) is 11.1. The molecule has 0 N–H and O–H groups in total. The summed E-state index contributed by atoms with van der Waals surface area (Å²) >= 11 is 0. The van der Waals surface area contributed by atoms with Crippen molar-refractivity contribution < 1.29 is 0 Å². The Bertz CT molecular complexity index is 1190. The zero-order valence-electron chi connectivity index (χ0n) is 15.6. The van der Waals surface area contributed by atoms with Crippen molar-refractivity contribution >= 4 is 28.0 Å². The van der Waals surface area contributed by atoms with Crippen molar-refractivity contribution in [1.29, 1.82) is 0 Å². The van der Waals surface area contributed by atoms with Crippen LogP contribution in [0.4, 0.5) is 0 Å². The van der Waals surface area contributed by atoms with Crippen molar-refractivity contribution in [1.82, 2.24) is 0 Å². The molecular formula is C28H20. The normalized spacial score (nSPS) is 12.5. The van der Waals surface area contributed by atoms with Gasteiger partial charge >= 0.3 is 0 Å². The lowest BCUT2D eigenvalue weighted by molar-refractivity contribution is 1.37. The first-order chi connectivity index (χ1) is 13.9. The summed E-state index contributed by atoms with van der Waals surface area (Å²) in [4.78, 5) is 0. The molecule has 4 aromatic carbocycles. The number of rotatable bonds is 2. The third-order valence-electron chi connectivity index (χ3n) is 5.26. The highest BCUT2D eigenvalue weighted by molar-refractivity contribution is 5.94. The minimum Gasteiger partial charge on any atom is -0.107 e. The van der Waals surface area contributed by atoms with Gasteiger partial charge in [-0.05, 0) is 51.6 Å². The van der Waals surface area contributed by atoms with E-state index in [1.807, 2.05) is 0 Å². The van der Waals surface area contributed by atoms with E-state index in [-0.39, 0.29) is 0 Å². The van der Waals surface area contributed by atoms with Crippen molar-refractivity contribution in [2.75, 3.05) is 0 Å². The van der Waals surface area contributed by atoms with E-state index in [9.17, 15) is 0 Å². The highest BCUT2D eigenvalue weighted by Gasteiger charge is 2.12. The lowest BCUT2D eigenvalue weighted by atomic mass is 9.88. The molecule has 132 valence electrons. The fourth-order valence-electron chi connectivity index (χ4n) is 3.86. The predicted molar refractivity (Wildman–Crippen MR) is 120 cm³/mol. The molecule has 0 fully saturated rings. The van der Waals surface area contributed by atoms with Crippen LogP contribution >= 0.6 is 0 Å². The molecule has 0 saturated heterocycles. The van der Waals surface area contributed by atoms with Crippen molar-refractivity contribution in [2.24, 2.45) is 0 Å². The van der Waals surface area contributed by atoms with Gasteiger partial charge in [0.05, 0.1) is 0 Å². The van der Waals surface area contributed by atoms with Crippen molar-refractivity contribution in [3.8, 4) is 0 Å². The van der Waals surface area contributed by atoms with E-state index < -0.39 is 0 Å². The Labute approximate surface area is 165 Å². The van der Waals surface area contributed by atoms with Crippen LogP contribution in [-0.2, 0) is 0 Å². The number of hydrogen-bond donors (Lipinski definition) is 0. The first-order valence-corrected chi connectivity index (χ1v) is 9.69. The third-order valence-corrected chi connectivity index (χ3v) is 5.26. The van der Waals surface area contributed by atoms with Crippen LogP contribution in [0.2, 0.25) is 0 Å². The van der Waals surface area contributed by atoms with Crippen molar-refractivity contribution in [3.63, 3.8) is 0 Å². The van der Waals surface area contributed by atoms with E-state index in [2.05, 4.69) is 115 Å². The maximum Gasteiger partial charge on any atom is 0.0312 e. The van der Waals surface area contributed by atoms with Gasteiger partial charge in [-0.1, -0.05) is 97.1 Å². The van der Waals surface area contributed by atoms with Gasteiger partial charge in [0.25, 0.3) is 0 Å². The summed E-state index contributed by atoms with van der Waals surface area (Å²) in [5.74, 6) is 0. The third kappa shape index (κ3) is 3.11. The molecule has 28 heavy (non-hydrogen) atoms. The Kier molecular flexibility index (Phi) is 4.26.